The second-order valence-electron chi connectivity index (χ2n) is 7.63. The molecule has 2 aromatic carbocycles. The van der Waals surface area contributed by atoms with E-state index in [2.05, 4.69) is 41.6 Å². The SMILES string of the molecule is Cc1ccc(C(C)C)c(OCc2nc(C(=O)NCCNC(=O)c3cccc(F)c3)cs2)c1. The van der Waals surface area contributed by atoms with Crippen molar-refractivity contribution in [1.82, 2.24) is 15.6 Å². The maximum atomic E-state index is 13.2. The van der Waals surface area contributed by atoms with Crippen molar-refractivity contribution in [1.29, 1.82) is 0 Å². The summed E-state index contributed by atoms with van der Waals surface area (Å²) in [6.45, 7) is 6.97. The maximum absolute atomic E-state index is 13.2. The Hall–Kier alpha value is -3.26. The van der Waals surface area contributed by atoms with Crippen LogP contribution in [0.3, 0.4) is 0 Å². The molecule has 0 aliphatic heterocycles. The highest BCUT2D eigenvalue weighted by Crippen LogP contribution is 2.28. The molecule has 2 N–H and O–H groups in total. The van der Waals surface area contributed by atoms with Gasteiger partial charge in [-0.2, -0.15) is 0 Å². The van der Waals surface area contributed by atoms with Crippen LogP contribution in [0.25, 0.3) is 0 Å². The molecule has 6 nitrogen and oxygen atoms in total. The van der Waals surface area contributed by atoms with E-state index >= 15 is 0 Å². The van der Waals surface area contributed by atoms with Crippen LogP contribution in [0, 0.1) is 12.7 Å². The van der Waals surface area contributed by atoms with Crippen LogP contribution in [-0.2, 0) is 6.61 Å². The van der Waals surface area contributed by atoms with Crippen molar-refractivity contribution in [3.05, 3.63) is 81.1 Å². The number of nitrogens with one attached hydrogen (secondary N) is 2. The van der Waals surface area contributed by atoms with E-state index in [0.29, 0.717) is 16.6 Å². The first-order valence-electron chi connectivity index (χ1n) is 10.3. The van der Waals surface area contributed by atoms with E-state index in [9.17, 15) is 14.0 Å². The summed E-state index contributed by atoms with van der Waals surface area (Å²) in [6, 6.07) is 11.6. The number of carbonyl (C=O) groups is 2. The molecule has 0 aliphatic rings. The zero-order valence-electron chi connectivity index (χ0n) is 18.3. The summed E-state index contributed by atoms with van der Waals surface area (Å²) in [4.78, 5) is 28.6. The normalized spacial score (nSPS) is 10.8. The van der Waals surface area contributed by atoms with Crippen molar-refractivity contribution in [3.8, 4) is 5.75 Å². The first-order chi connectivity index (χ1) is 15.3. The number of halogens is 1. The van der Waals surface area contributed by atoms with E-state index in [1.807, 2.05) is 13.0 Å². The predicted octanol–water partition coefficient (Wildman–Crippen LogP) is 4.45. The lowest BCUT2D eigenvalue weighted by Gasteiger charge is -2.14. The Labute approximate surface area is 190 Å². The summed E-state index contributed by atoms with van der Waals surface area (Å²) in [6.07, 6.45) is 0. The molecule has 0 spiro atoms. The van der Waals surface area contributed by atoms with Crippen molar-refractivity contribution >= 4 is 23.2 Å². The lowest BCUT2D eigenvalue weighted by atomic mass is 10.0. The van der Waals surface area contributed by atoms with Gasteiger partial charge in [0.25, 0.3) is 11.8 Å². The van der Waals surface area contributed by atoms with Gasteiger partial charge in [0, 0.05) is 24.0 Å². The van der Waals surface area contributed by atoms with Crippen molar-refractivity contribution in [3.63, 3.8) is 0 Å². The van der Waals surface area contributed by atoms with Gasteiger partial charge in [0.1, 0.15) is 28.9 Å². The fourth-order valence-corrected chi connectivity index (χ4v) is 3.72. The Morgan fingerprint density at radius 1 is 1.09 bits per heavy atom. The number of benzene rings is 2. The number of nitrogens with zero attached hydrogens (tertiary/aromatic N) is 1. The Bertz CT molecular complexity index is 1100. The first-order valence-corrected chi connectivity index (χ1v) is 11.2. The van der Waals surface area contributed by atoms with E-state index < -0.39 is 11.7 Å². The van der Waals surface area contributed by atoms with Crippen molar-refractivity contribution in [2.24, 2.45) is 0 Å². The number of rotatable bonds is 9. The average molecular weight is 456 g/mol. The predicted molar refractivity (Wildman–Crippen MR) is 123 cm³/mol. The minimum atomic E-state index is -0.475. The molecule has 0 saturated carbocycles. The fourth-order valence-electron chi connectivity index (χ4n) is 3.04. The van der Waals surface area contributed by atoms with Gasteiger partial charge in [-0.1, -0.05) is 32.0 Å². The van der Waals surface area contributed by atoms with Crippen LogP contribution in [0.4, 0.5) is 4.39 Å². The van der Waals surface area contributed by atoms with Crippen LogP contribution in [-0.4, -0.2) is 29.9 Å². The number of hydrogen-bond acceptors (Lipinski definition) is 5. The minimum Gasteiger partial charge on any atom is -0.486 e. The van der Waals surface area contributed by atoms with E-state index in [-0.39, 0.29) is 31.2 Å². The lowest BCUT2D eigenvalue weighted by molar-refractivity contribution is 0.0925. The molecule has 168 valence electrons. The molecule has 3 aromatic rings. The highest BCUT2D eigenvalue weighted by atomic mass is 32.1. The second-order valence-corrected chi connectivity index (χ2v) is 8.58. The highest BCUT2D eigenvalue weighted by Gasteiger charge is 2.13. The summed E-state index contributed by atoms with van der Waals surface area (Å²) in [7, 11) is 0. The molecule has 3 rings (SSSR count). The van der Waals surface area contributed by atoms with Crippen LogP contribution in [0.5, 0.6) is 5.75 Å². The molecule has 2 amide bonds. The third-order valence-corrected chi connectivity index (χ3v) is 5.53. The highest BCUT2D eigenvalue weighted by molar-refractivity contribution is 7.09. The number of amides is 2. The van der Waals surface area contributed by atoms with Crippen LogP contribution in [0.2, 0.25) is 0 Å². The van der Waals surface area contributed by atoms with Gasteiger partial charge in [-0.3, -0.25) is 9.59 Å². The van der Waals surface area contributed by atoms with E-state index in [0.717, 1.165) is 22.9 Å². The number of aryl methyl sites for hydroxylation is 1. The van der Waals surface area contributed by atoms with Gasteiger partial charge in [0.05, 0.1) is 0 Å². The largest absolute Gasteiger partial charge is 0.486 e. The smallest absolute Gasteiger partial charge is 0.270 e. The second kappa shape index (κ2) is 10.9. The van der Waals surface area contributed by atoms with E-state index in [1.165, 1.54) is 29.5 Å². The van der Waals surface area contributed by atoms with Crippen LogP contribution < -0.4 is 15.4 Å². The zero-order chi connectivity index (χ0) is 23.1. The van der Waals surface area contributed by atoms with Gasteiger partial charge in [-0.25, -0.2) is 9.37 Å². The van der Waals surface area contributed by atoms with Crippen LogP contribution in [0.1, 0.15) is 56.7 Å². The molecular formula is C24H26FN3O3S. The van der Waals surface area contributed by atoms with Gasteiger partial charge in [-0.05, 0) is 48.2 Å². The summed E-state index contributed by atoms with van der Waals surface area (Å²) < 4.78 is 19.2. The Morgan fingerprint density at radius 2 is 1.84 bits per heavy atom. The van der Waals surface area contributed by atoms with E-state index in [4.69, 9.17) is 4.74 Å². The quantitative estimate of drug-likeness (QED) is 0.467. The molecule has 0 radical (unpaired) electrons. The molecule has 0 bridgehead atoms. The van der Waals surface area contributed by atoms with Gasteiger partial charge < -0.3 is 15.4 Å². The summed E-state index contributed by atoms with van der Waals surface area (Å²) in [5, 5.41) is 7.73. The topological polar surface area (TPSA) is 80.3 Å². The first kappa shape index (κ1) is 23.4. The Morgan fingerprint density at radius 3 is 2.56 bits per heavy atom. The standard InChI is InChI=1S/C24H26FN3O3S/c1-15(2)19-8-7-16(3)11-21(19)31-13-22-28-20(14-32-22)24(30)27-10-9-26-23(29)17-5-4-6-18(25)12-17/h4-8,11-12,14-15H,9-10,13H2,1-3H3,(H,26,29)(H,27,30). The molecule has 8 heteroatoms. The fraction of sp³-hybridized carbons (Fsp3) is 0.292. The molecule has 0 aliphatic carbocycles. The number of hydrogen-bond donors (Lipinski definition) is 2. The molecule has 0 unspecified atom stereocenters. The molecule has 32 heavy (non-hydrogen) atoms. The number of aromatic nitrogens is 1. The summed E-state index contributed by atoms with van der Waals surface area (Å²) in [5.74, 6) is -0.0355. The van der Waals surface area contributed by atoms with Gasteiger partial charge >= 0.3 is 0 Å². The van der Waals surface area contributed by atoms with Crippen molar-refractivity contribution < 1.29 is 18.7 Å². The lowest BCUT2D eigenvalue weighted by Crippen LogP contribution is -2.34. The molecule has 0 saturated heterocycles. The number of thiazole rings is 1. The van der Waals surface area contributed by atoms with Crippen molar-refractivity contribution in [2.45, 2.75) is 33.3 Å². The summed E-state index contributed by atoms with van der Waals surface area (Å²) >= 11 is 1.36. The van der Waals surface area contributed by atoms with Gasteiger partial charge in [0.15, 0.2) is 0 Å². The minimum absolute atomic E-state index is 0.215. The summed E-state index contributed by atoms with van der Waals surface area (Å²) in [5.41, 5.74) is 2.78. The van der Waals surface area contributed by atoms with Crippen LogP contribution in [0.15, 0.2) is 47.8 Å². The van der Waals surface area contributed by atoms with Crippen molar-refractivity contribution in [2.75, 3.05) is 13.1 Å². The van der Waals surface area contributed by atoms with Gasteiger partial charge in [-0.15, -0.1) is 11.3 Å². The molecule has 0 fully saturated rings. The zero-order valence-corrected chi connectivity index (χ0v) is 19.1. The Kier molecular flexibility index (Phi) is 7.94. The average Bonchev–Trinajstić information content (AvgIpc) is 3.24. The molecule has 1 heterocycles. The number of carbonyl (C=O) groups excluding carboxylic acids is 2. The van der Waals surface area contributed by atoms with Crippen LogP contribution >= 0.6 is 11.3 Å². The van der Waals surface area contributed by atoms with E-state index in [1.54, 1.807) is 5.38 Å². The molecular weight excluding hydrogens is 429 g/mol. The maximum Gasteiger partial charge on any atom is 0.270 e. The Balaban J connectivity index is 1.46. The molecule has 0 atom stereocenters. The number of ether oxygens (including phenoxy) is 1. The third kappa shape index (κ3) is 6.37. The molecule has 1 aromatic heterocycles. The van der Waals surface area contributed by atoms with Gasteiger partial charge in [0.2, 0.25) is 0 Å². The third-order valence-electron chi connectivity index (χ3n) is 4.71. The monoisotopic (exact) mass is 455 g/mol.